The lowest BCUT2D eigenvalue weighted by Gasteiger charge is -2.21. The van der Waals surface area contributed by atoms with E-state index in [0.717, 1.165) is 19.4 Å². The number of nitrogens with two attached hydrogens (primary N) is 1. The summed E-state index contributed by atoms with van der Waals surface area (Å²) >= 11 is 4.92. The summed E-state index contributed by atoms with van der Waals surface area (Å²) in [5.41, 5.74) is 6.89. The summed E-state index contributed by atoms with van der Waals surface area (Å²) in [6.45, 7) is 1.42. The van der Waals surface area contributed by atoms with Crippen molar-refractivity contribution >= 4 is 23.1 Å². The Morgan fingerprint density at radius 3 is 2.89 bits per heavy atom. The van der Waals surface area contributed by atoms with E-state index in [4.69, 9.17) is 22.7 Å². The largest absolute Gasteiger partial charge is 0.389 e. The van der Waals surface area contributed by atoms with Gasteiger partial charge in [-0.15, -0.1) is 0 Å². The number of likely N-dealkylation sites (N-methyl/N-ethyl adjacent to an activating group) is 1. The van der Waals surface area contributed by atoms with Crippen LogP contribution in [0.3, 0.4) is 0 Å². The van der Waals surface area contributed by atoms with Crippen LogP contribution in [0.2, 0.25) is 0 Å². The van der Waals surface area contributed by atoms with Crippen molar-refractivity contribution in [2.75, 3.05) is 20.2 Å². The van der Waals surface area contributed by atoms with Gasteiger partial charge in [-0.05, 0) is 25.0 Å². The maximum Gasteiger partial charge on any atom is 0.253 e. The minimum atomic E-state index is -0.0337. The molecule has 1 atom stereocenters. The minimum Gasteiger partial charge on any atom is -0.389 e. The van der Waals surface area contributed by atoms with E-state index in [9.17, 15) is 4.79 Å². The van der Waals surface area contributed by atoms with Crippen molar-refractivity contribution in [2.45, 2.75) is 18.9 Å². The zero-order valence-electron chi connectivity index (χ0n) is 11.0. The van der Waals surface area contributed by atoms with Gasteiger partial charge in [0.2, 0.25) is 0 Å². The van der Waals surface area contributed by atoms with Crippen molar-refractivity contribution in [2.24, 2.45) is 5.73 Å². The van der Waals surface area contributed by atoms with Crippen LogP contribution in [0.15, 0.2) is 24.3 Å². The number of amides is 1. The van der Waals surface area contributed by atoms with Gasteiger partial charge in [0.15, 0.2) is 0 Å². The standard InChI is InChI=1S/C14H18N2O2S/c1-16(9-12-6-3-7-18-12)14(17)11-5-2-4-10(8-11)13(15)19/h2,4-5,8,12H,3,6-7,9H2,1H3,(H2,15,19). The molecule has 1 aromatic carbocycles. The van der Waals surface area contributed by atoms with Crippen molar-refractivity contribution in [3.63, 3.8) is 0 Å². The molecule has 4 nitrogen and oxygen atoms in total. The Morgan fingerprint density at radius 1 is 1.53 bits per heavy atom. The fourth-order valence-corrected chi connectivity index (χ4v) is 2.33. The highest BCUT2D eigenvalue weighted by molar-refractivity contribution is 7.80. The zero-order chi connectivity index (χ0) is 13.8. The van der Waals surface area contributed by atoms with Crippen LogP contribution >= 0.6 is 12.2 Å². The molecule has 1 unspecified atom stereocenters. The average molecular weight is 278 g/mol. The zero-order valence-corrected chi connectivity index (χ0v) is 11.8. The molecule has 1 aromatic rings. The molecule has 1 fully saturated rings. The summed E-state index contributed by atoms with van der Waals surface area (Å²) in [7, 11) is 1.79. The third-order valence-electron chi connectivity index (χ3n) is 3.24. The normalized spacial score (nSPS) is 18.3. The number of benzene rings is 1. The molecule has 1 amide bonds. The topological polar surface area (TPSA) is 55.6 Å². The second-order valence-corrected chi connectivity index (χ2v) is 5.21. The second kappa shape index (κ2) is 6.12. The van der Waals surface area contributed by atoms with E-state index in [2.05, 4.69) is 0 Å². The molecule has 0 radical (unpaired) electrons. The number of ether oxygens (including phenoxy) is 1. The molecule has 5 heteroatoms. The molecule has 0 aromatic heterocycles. The molecule has 0 spiro atoms. The highest BCUT2D eigenvalue weighted by Gasteiger charge is 2.20. The molecule has 2 N–H and O–H groups in total. The van der Waals surface area contributed by atoms with Crippen LogP contribution in [0.1, 0.15) is 28.8 Å². The quantitative estimate of drug-likeness (QED) is 0.850. The monoisotopic (exact) mass is 278 g/mol. The second-order valence-electron chi connectivity index (χ2n) is 4.77. The molecule has 102 valence electrons. The van der Waals surface area contributed by atoms with Gasteiger partial charge in [0, 0.05) is 31.3 Å². The van der Waals surface area contributed by atoms with Gasteiger partial charge in [0.25, 0.3) is 5.91 Å². The predicted molar refractivity (Wildman–Crippen MR) is 78.3 cm³/mol. The average Bonchev–Trinajstić information content (AvgIpc) is 2.90. The van der Waals surface area contributed by atoms with E-state index in [1.54, 1.807) is 36.2 Å². The lowest BCUT2D eigenvalue weighted by atomic mass is 10.1. The summed E-state index contributed by atoms with van der Waals surface area (Å²) in [4.78, 5) is 14.3. The van der Waals surface area contributed by atoms with Crippen molar-refractivity contribution in [1.82, 2.24) is 4.90 Å². The van der Waals surface area contributed by atoms with Gasteiger partial charge in [0.1, 0.15) is 4.99 Å². The van der Waals surface area contributed by atoms with Crippen molar-refractivity contribution in [3.05, 3.63) is 35.4 Å². The Morgan fingerprint density at radius 2 is 2.26 bits per heavy atom. The molecule has 1 aliphatic rings. The third kappa shape index (κ3) is 3.52. The first-order valence-electron chi connectivity index (χ1n) is 6.35. The minimum absolute atomic E-state index is 0.0337. The van der Waals surface area contributed by atoms with Crippen LogP contribution in [0, 0.1) is 0 Å². The van der Waals surface area contributed by atoms with Gasteiger partial charge >= 0.3 is 0 Å². The summed E-state index contributed by atoms with van der Waals surface area (Å²) in [5, 5.41) is 0. The Balaban J connectivity index is 2.05. The highest BCUT2D eigenvalue weighted by Crippen LogP contribution is 2.14. The summed E-state index contributed by atoms with van der Waals surface area (Å²) in [6.07, 6.45) is 2.25. The van der Waals surface area contributed by atoms with Crippen LogP contribution in [0.5, 0.6) is 0 Å². The van der Waals surface area contributed by atoms with Gasteiger partial charge in [-0.25, -0.2) is 0 Å². The lowest BCUT2D eigenvalue weighted by Crippen LogP contribution is -2.34. The van der Waals surface area contributed by atoms with E-state index in [0.29, 0.717) is 22.7 Å². The Kier molecular flexibility index (Phi) is 4.50. The van der Waals surface area contributed by atoms with Crippen molar-refractivity contribution in [3.8, 4) is 0 Å². The Hall–Kier alpha value is -1.46. The SMILES string of the molecule is CN(CC1CCCO1)C(=O)c1cccc(C(N)=S)c1. The highest BCUT2D eigenvalue weighted by atomic mass is 32.1. The first kappa shape index (κ1) is 14.0. The van der Waals surface area contributed by atoms with Crippen LogP contribution in [0.4, 0.5) is 0 Å². The number of carbonyl (C=O) groups is 1. The molecule has 1 aliphatic heterocycles. The number of rotatable bonds is 4. The molecule has 1 saturated heterocycles. The number of carbonyl (C=O) groups excluding carboxylic acids is 1. The van der Waals surface area contributed by atoms with E-state index in [1.807, 2.05) is 0 Å². The summed E-state index contributed by atoms with van der Waals surface area (Å²) < 4.78 is 5.54. The van der Waals surface area contributed by atoms with Gasteiger partial charge in [-0.3, -0.25) is 4.79 Å². The number of nitrogens with zero attached hydrogens (tertiary/aromatic N) is 1. The number of hydrogen-bond donors (Lipinski definition) is 1. The van der Waals surface area contributed by atoms with Gasteiger partial charge in [-0.2, -0.15) is 0 Å². The van der Waals surface area contributed by atoms with Crippen LogP contribution < -0.4 is 5.73 Å². The van der Waals surface area contributed by atoms with E-state index in [1.165, 1.54) is 0 Å². The lowest BCUT2D eigenvalue weighted by molar-refractivity contribution is 0.0587. The van der Waals surface area contributed by atoms with Crippen LogP contribution in [0.25, 0.3) is 0 Å². The van der Waals surface area contributed by atoms with Gasteiger partial charge < -0.3 is 15.4 Å². The van der Waals surface area contributed by atoms with E-state index < -0.39 is 0 Å². The molecule has 0 saturated carbocycles. The maximum absolute atomic E-state index is 12.3. The first-order valence-corrected chi connectivity index (χ1v) is 6.75. The first-order chi connectivity index (χ1) is 9.08. The number of thiocarbonyl (C=S) groups is 1. The van der Waals surface area contributed by atoms with Gasteiger partial charge in [0.05, 0.1) is 6.10 Å². The molecule has 1 heterocycles. The molecule has 19 heavy (non-hydrogen) atoms. The predicted octanol–water partition coefficient (Wildman–Crippen LogP) is 1.57. The van der Waals surface area contributed by atoms with E-state index >= 15 is 0 Å². The number of hydrogen-bond acceptors (Lipinski definition) is 3. The molecule has 0 aliphatic carbocycles. The fraction of sp³-hybridized carbons (Fsp3) is 0.429. The third-order valence-corrected chi connectivity index (χ3v) is 3.48. The summed E-state index contributed by atoms with van der Waals surface area (Å²) in [5.74, 6) is -0.0337. The molecular weight excluding hydrogens is 260 g/mol. The van der Waals surface area contributed by atoms with Crippen molar-refractivity contribution < 1.29 is 9.53 Å². The smallest absolute Gasteiger partial charge is 0.253 e. The fourth-order valence-electron chi connectivity index (χ4n) is 2.20. The van der Waals surface area contributed by atoms with Crippen LogP contribution in [-0.2, 0) is 4.74 Å². The van der Waals surface area contributed by atoms with Crippen LogP contribution in [-0.4, -0.2) is 42.1 Å². The van der Waals surface area contributed by atoms with E-state index in [-0.39, 0.29) is 12.0 Å². The molecule has 2 rings (SSSR count). The van der Waals surface area contributed by atoms with Crippen molar-refractivity contribution in [1.29, 1.82) is 0 Å². The van der Waals surface area contributed by atoms with Gasteiger partial charge in [-0.1, -0.05) is 24.4 Å². The maximum atomic E-state index is 12.3. The Labute approximate surface area is 118 Å². The molecular formula is C14H18N2O2S. The summed E-state index contributed by atoms with van der Waals surface area (Å²) in [6, 6.07) is 7.10. The molecule has 0 bridgehead atoms. The Bertz CT molecular complexity index is 484.